The van der Waals surface area contributed by atoms with Crippen molar-refractivity contribution >= 4 is 23.4 Å². The minimum Gasteiger partial charge on any atom is -0.325 e. The molecule has 0 fully saturated rings. The van der Waals surface area contributed by atoms with E-state index in [0.717, 1.165) is 28.2 Å². The Morgan fingerprint density at radius 1 is 0.939 bits per heavy atom. The van der Waals surface area contributed by atoms with Crippen LogP contribution in [0.3, 0.4) is 0 Å². The lowest BCUT2D eigenvalue weighted by molar-refractivity contribution is -0.116. The number of aryl methyl sites for hydroxylation is 3. The number of nitrogens with zero attached hydrogens (tertiary/aromatic N) is 3. The van der Waals surface area contributed by atoms with Gasteiger partial charge in [-0.1, -0.05) is 78.0 Å². The summed E-state index contributed by atoms with van der Waals surface area (Å²) in [4.78, 5) is 13.5. The fraction of sp³-hybridized carbons (Fsp3) is 0.192. The second-order valence-corrected chi connectivity index (χ2v) is 9.46. The normalized spacial score (nSPS) is 17.2. The molecule has 0 radical (unpaired) electrons. The summed E-state index contributed by atoms with van der Waals surface area (Å²) in [6.07, 6.45) is 0. The molecule has 0 bridgehead atoms. The standard InChI is InChI=1S/C26H25N5OS/c1-16-9-12-19(13-10-16)22-23(25(32)27-21-14-11-17(2)18(3)15-21)33-26-29-28-24(31(26)30-22)20-7-5-4-6-8-20/h4-15,22-23,30H,1-3H3,(H,27,32). The number of hydrogen-bond acceptors (Lipinski definition) is 5. The van der Waals surface area contributed by atoms with Crippen molar-refractivity contribution in [3.8, 4) is 11.4 Å². The summed E-state index contributed by atoms with van der Waals surface area (Å²) in [5.41, 5.74) is 9.83. The first-order valence-corrected chi connectivity index (χ1v) is 11.8. The molecule has 6 nitrogen and oxygen atoms in total. The smallest absolute Gasteiger partial charge is 0.240 e. The van der Waals surface area contributed by atoms with Crippen LogP contribution < -0.4 is 10.7 Å². The lowest BCUT2D eigenvalue weighted by Crippen LogP contribution is -2.41. The number of aromatic nitrogens is 3. The molecule has 2 N–H and O–H groups in total. The van der Waals surface area contributed by atoms with E-state index in [1.165, 1.54) is 22.9 Å². The van der Waals surface area contributed by atoms with Crippen LogP contribution in [0.15, 0.2) is 78.0 Å². The predicted octanol–water partition coefficient (Wildman–Crippen LogP) is 5.27. The highest BCUT2D eigenvalue weighted by molar-refractivity contribution is 8.00. The third kappa shape index (κ3) is 4.24. The molecule has 5 rings (SSSR count). The maximum absolute atomic E-state index is 13.5. The highest BCUT2D eigenvalue weighted by Gasteiger charge is 2.38. The van der Waals surface area contributed by atoms with Crippen LogP contribution in [0.1, 0.15) is 28.3 Å². The van der Waals surface area contributed by atoms with Crippen molar-refractivity contribution in [2.45, 2.75) is 37.2 Å². The first kappa shape index (κ1) is 21.3. The van der Waals surface area contributed by atoms with Gasteiger partial charge in [-0.3, -0.25) is 4.79 Å². The first-order chi connectivity index (χ1) is 16.0. The zero-order valence-corrected chi connectivity index (χ0v) is 19.6. The van der Waals surface area contributed by atoms with Gasteiger partial charge in [-0.25, -0.2) is 4.68 Å². The van der Waals surface area contributed by atoms with Crippen molar-refractivity contribution in [1.29, 1.82) is 0 Å². The summed E-state index contributed by atoms with van der Waals surface area (Å²) in [6.45, 7) is 6.17. The molecule has 2 heterocycles. The summed E-state index contributed by atoms with van der Waals surface area (Å²) in [5, 5.41) is 12.1. The number of carbonyl (C=O) groups excluding carboxylic acids is 1. The molecular formula is C26H25N5OS. The SMILES string of the molecule is Cc1ccc(C2Nn3c(nnc3-c3ccccc3)SC2C(=O)Nc2ccc(C)c(C)c2)cc1. The summed E-state index contributed by atoms with van der Waals surface area (Å²) in [7, 11) is 0. The Labute approximate surface area is 197 Å². The van der Waals surface area contributed by atoms with Crippen molar-refractivity contribution in [2.75, 3.05) is 10.7 Å². The molecule has 7 heteroatoms. The highest BCUT2D eigenvalue weighted by atomic mass is 32.2. The molecule has 1 aliphatic heterocycles. The molecule has 1 amide bonds. The summed E-state index contributed by atoms with van der Waals surface area (Å²) in [5.74, 6) is 0.653. The molecule has 0 aliphatic carbocycles. The average Bonchev–Trinajstić information content (AvgIpc) is 3.25. The maximum Gasteiger partial charge on any atom is 0.240 e. The van der Waals surface area contributed by atoms with Crippen LogP contribution in [0.4, 0.5) is 5.69 Å². The number of hydrogen-bond donors (Lipinski definition) is 2. The van der Waals surface area contributed by atoms with Gasteiger partial charge in [0.15, 0.2) is 5.82 Å². The molecule has 166 valence electrons. The van der Waals surface area contributed by atoms with Gasteiger partial charge in [0, 0.05) is 11.3 Å². The number of benzene rings is 3. The lowest BCUT2D eigenvalue weighted by atomic mass is 10.0. The minimum absolute atomic E-state index is 0.0724. The Balaban J connectivity index is 1.50. The minimum atomic E-state index is -0.422. The molecular weight excluding hydrogens is 430 g/mol. The van der Waals surface area contributed by atoms with E-state index in [1.807, 2.05) is 60.1 Å². The van der Waals surface area contributed by atoms with E-state index in [1.54, 1.807) is 0 Å². The number of anilines is 1. The molecule has 2 atom stereocenters. The van der Waals surface area contributed by atoms with E-state index < -0.39 is 5.25 Å². The van der Waals surface area contributed by atoms with Crippen LogP contribution in [-0.2, 0) is 4.79 Å². The molecule has 33 heavy (non-hydrogen) atoms. The second-order valence-electron chi connectivity index (χ2n) is 8.35. The van der Waals surface area contributed by atoms with E-state index >= 15 is 0 Å². The van der Waals surface area contributed by atoms with Crippen LogP contribution >= 0.6 is 11.8 Å². The van der Waals surface area contributed by atoms with Crippen LogP contribution in [0.25, 0.3) is 11.4 Å². The second kappa shape index (κ2) is 8.75. The Hall–Kier alpha value is -3.58. The fourth-order valence-electron chi connectivity index (χ4n) is 3.89. The third-order valence-corrected chi connectivity index (χ3v) is 7.15. The zero-order valence-electron chi connectivity index (χ0n) is 18.7. The molecule has 3 aromatic carbocycles. The van der Waals surface area contributed by atoms with E-state index in [0.29, 0.717) is 5.16 Å². The number of amides is 1. The van der Waals surface area contributed by atoms with Gasteiger partial charge in [0.05, 0.1) is 6.04 Å². The van der Waals surface area contributed by atoms with E-state index in [9.17, 15) is 4.79 Å². The van der Waals surface area contributed by atoms with Crippen molar-refractivity contribution in [2.24, 2.45) is 0 Å². The maximum atomic E-state index is 13.5. The van der Waals surface area contributed by atoms with Crippen LogP contribution in [0.5, 0.6) is 0 Å². The largest absolute Gasteiger partial charge is 0.325 e. The Morgan fingerprint density at radius 3 is 2.42 bits per heavy atom. The van der Waals surface area contributed by atoms with Crippen molar-refractivity contribution in [3.05, 3.63) is 95.1 Å². The number of carbonyl (C=O) groups is 1. The van der Waals surface area contributed by atoms with E-state index in [4.69, 9.17) is 0 Å². The summed E-state index contributed by atoms with van der Waals surface area (Å²) < 4.78 is 1.89. The first-order valence-electron chi connectivity index (χ1n) is 10.9. The van der Waals surface area contributed by atoms with Gasteiger partial charge in [-0.2, -0.15) is 0 Å². The monoisotopic (exact) mass is 455 g/mol. The Kier molecular flexibility index (Phi) is 5.64. The van der Waals surface area contributed by atoms with Gasteiger partial charge in [0.1, 0.15) is 5.25 Å². The van der Waals surface area contributed by atoms with Crippen molar-refractivity contribution < 1.29 is 4.79 Å². The van der Waals surface area contributed by atoms with Crippen LogP contribution in [0, 0.1) is 20.8 Å². The van der Waals surface area contributed by atoms with Gasteiger partial charge < -0.3 is 10.7 Å². The van der Waals surface area contributed by atoms with Gasteiger partial charge in [-0.15, -0.1) is 10.2 Å². The molecule has 0 spiro atoms. The predicted molar refractivity (Wildman–Crippen MR) is 133 cm³/mol. The van der Waals surface area contributed by atoms with Crippen molar-refractivity contribution in [3.63, 3.8) is 0 Å². The molecule has 0 saturated heterocycles. The number of fused-ring (bicyclic) bond motifs is 1. The quantitative estimate of drug-likeness (QED) is 0.439. The topological polar surface area (TPSA) is 71.8 Å². The van der Waals surface area contributed by atoms with E-state index in [-0.39, 0.29) is 11.9 Å². The van der Waals surface area contributed by atoms with Crippen molar-refractivity contribution in [1.82, 2.24) is 14.9 Å². The number of thioether (sulfide) groups is 1. The van der Waals surface area contributed by atoms with Gasteiger partial charge >= 0.3 is 0 Å². The molecule has 0 saturated carbocycles. The lowest BCUT2D eigenvalue weighted by Gasteiger charge is -2.33. The highest BCUT2D eigenvalue weighted by Crippen LogP contribution is 2.39. The number of rotatable bonds is 4. The van der Waals surface area contributed by atoms with Gasteiger partial charge in [0.2, 0.25) is 11.1 Å². The molecule has 2 unspecified atom stereocenters. The molecule has 1 aliphatic rings. The summed E-state index contributed by atoms with van der Waals surface area (Å²) >= 11 is 1.43. The van der Waals surface area contributed by atoms with Crippen LogP contribution in [-0.4, -0.2) is 26.0 Å². The van der Waals surface area contributed by atoms with Gasteiger partial charge in [-0.05, 0) is 49.6 Å². The zero-order chi connectivity index (χ0) is 22.9. The third-order valence-electron chi connectivity index (χ3n) is 5.94. The van der Waals surface area contributed by atoms with Crippen LogP contribution in [0.2, 0.25) is 0 Å². The molecule has 4 aromatic rings. The number of nitrogens with one attached hydrogen (secondary N) is 2. The summed E-state index contributed by atoms with van der Waals surface area (Å²) in [6, 6.07) is 23.9. The van der Waals surface area contributed by atoms with E-state index in [2.05, 4.69) is 59.1 Å². The average molecular weight is 456 g/mol. The molecule has 1 aromatic heterocycles. The Bertz CT molecular complexity index is 1300. The van der Waals surface area contributed by atoms with Gasteiger partial charge in [0.25, 0.3) is 0 Å². The fourth-order valence-corrected chi connectivity index (χ4v) is 4.97. The Morgan fingerprint density at radius 2 is 1.70 bits per heavy atom.